The van der Waals surface area contributed by atoms with Crippen molar-refractivity contribution >= 4 is 8.56 Å². The van der Waals surface area contributed by atoms with Gasteiger partial charge in [-0.05, 0) is 19.4 Å². The largest absolute Gasteiger partial charge is 0.398 e. The van der Waals surface area contributed by atoms with Crippen LogP contribution in [0, 0.1) is 0 Å². The van der Waals surface area contributed by atoms with Crippen molar-refractivity contribution in [1.29, 1.82) is 0 Å². The van der Waals surface area contributed by atoms with Gasteiger partial charge in [-0.25, -0.2) is 0 Å². The summed E-state index contributed by atoms with van der Waals surface area (Å²) in [6.45, 7) is 6.63. The molecule has 0 bridgehead atoms. The van der Waals surface area contributed by atoms with Crippen LogP contribution in [-0.2, 0) is 18.3 Å². The summed E-state index contributed by atoms with van der Waals surface area (Å²) in [6.07, 6.45) is 2.27. The van der Waals surface area contributed by atoms with Gasteiger partial charge in [0.1, 0.15) is 0 Å². The number of rotatable bonds is 7. The molecule has 2 aliphatic rings. The van der Waals surface area contributed by atoms with Gasteiger partial charge in [-0.15, -0.1) is 0 Å². The van der Waals surface area contributed by atoms with Crippen LogP contribution in [0.5, 0.6) is 0 Å². The van der Waals surface area contributed by atoms with Crippen LogP contribution in [-0.4, -0.2) is 72.7 Å². The lowest BCUT2D eigenvalue weighted by molar-refractivity contribution is 0.0948. The Morgan fingerprint density at radius 3 is 1.95 bits per heavy atom. The third-order valence-corrected chi connectivity index (χ3v) is 7.30. The molecule has 2 unspecified atom stereocenters. The average Bonchev–Trinajstić information content (AvgIpc) is 3.12. The van der Waals surface area contributed by atoms with E-state index in [-0.39, 0.29) is 0 Å². The van der Waals surface area contributed by atoms with E-state index in [9.17, 15) is 0 Å². The minimum atomic E-state index is -1.99. The SMILES string of the molecule is CO[Si](C)(CCN(C1CCOC1)C1CCOC1)OC. The molecule has 0 saturated carbocycles. The zero-order valence-corrected chi connectivity index (χ0v) is 13.4. The third-order valence-electron chi connectivity index (χ3n) is 4.44. The highest BCUT2D eigenvalue weighted by molar-refractivity contribution is 6.66. The molecule has 0 aromatic rings. The zero-order valence-electron chi connectivity index (χ0n) is 12.4. The van der Waals surface area contributed by atoms with Crippen molar-refractivity contribution in [3.8, 4) is 0 Å². The average molecular weight is 289 g/mol. The highest BCUT2D eigenvalue weighted by atomic mass is 28.4. The van der Waals surface area contributed by atoms with Gasteiger partial charge in [-0.2, -0.15) is 0 Å². The molecule has 0 spiro atoms. The summed E-state index contributed by atoms with van der Waals surface area (Å²) < 4.78 is 22.3. The van der Waals surface area contributed by atoms with Crippen molar-refractivity contribution in [2.75, 3.05) is 47.2 Å². The fraction of sp³-hybridized carbons (Fsp3) is 1.00. The van der Waals surface area contributed by atoms with Crippen LogP contribution in [0.3, 0.4) is 0 Å². The lowest BCUT2D eigenvalue weighted by Crippen LogP contribution is -2.48. The molecule has 6 heteroatoms. The Kier molecular flexibility index (Phi) is 5.80. The van der Waals surface area contributed by atoms with Gasteiger partial charge >= 0.3 is 8.56 Å². The quantitative estimate of drug-likeness (QED) is 0.659. The second-order valence-electron chi connectivity index (χ2n) is 5.56. The monoisotopic (exact) mass is 289 g/mol. The molecule has 0 aromatic carbocycles. The van der Waals surface area contributed by atoms with Crippen LogP contribution < -0.4 is 0 Å². The fourth-order valence-corrected chi connectivity index (χ4v) is 4.09. The van der Waals surface area contributed by atoms with Crippen LogP contribution in [0.2, 0.25) is 12.6 Å². The standard InChI is InChI=1S/C13H27NO4Si/c1-15-19(3,16-2)9-6-14(12-4-7-17-10-12)13-5-8-18-11-13/h12-13H,4-11H2,1-3H3. The first kappa shape index (κ1) is 15.4. The van der Waals surface area contributed by atoms with Crippen molar-refractivity contribution in [3.63, 3.8) is 0 Å². The highest BCUT2D eigenvalue weighted by Crippen LogP contribution is 2.23. The van der Waals surface area contributed by atoms with Gasteiger partial charge in [0.05, 0.1) is 13.2 Å². The molecule has 5 nitrogen and oxygen atoms in total. The Morgan fingerprint density at radius 1 is 1.05 bits per heavy atom. The van der Waals surface area contributed by atoms with Crippen molar-refractivity contribution in [2.24, 2.45) is 0 Å². The van der Waals surface area contributed by atoms with Crippen LogP contribution in [0.25, 0.3) is 0 Å². The molecule has 0 N–H and O–H groups in total. The third kappa shape index (κ3) is 3.99. The molecule has 2 atom stereocenters. The van der Waals surface area contributed by atoms with E-state index in [0.29, 0.717) is 12.1 Å². The Morgan fingerprint density at radius 2 is 1.58 bits per heavy atom. The Hall–Kier alpha value is 0.0169. The zero-order chi connectivity index (χ0) is 13.7. The van der Waals surface area contributed by atoms with Gasteiger partial charge in [0, 0.05) is 52.1 Å². The second-order valence-corrected chi connectivity index (χ2v) is 9.15. The summed E-state index contributed by atoms with van der Waals surface area (Å²) in [4.78, 5) is 2.57. The van der Waals surface area contributed by atoms with Crippen molar-refractivity contribution in [1.82, 2.24) is 4.90 Å². The van der Waals surface area contributed by atoms with Crippen molar-refractivity contribution in [2.45, 2.75) is 37.5 Å². The molecule has 0 aromatic heterocycles. The van der Waals surface area contributed by atoms with Crippen LogP contribution in [0.4, 0.5) is 0 Å². The molecular formula is C13H27NO4Si. The minimum Gasteiger partial charge on any atom is -0.398 e. The van der Waals surface area contributed by atoms with Crippen molar-refractivity contribution < 1.29 is 18.3 Å². The van der Waals surface area contributed by atoms with Crippen LogP contribution in [0.15, 0.2) is 0 Å². The molecule has 0 amide bonds. The predicted octanol–water partition coefficient (Wildman–Crippen LogP) is 1.23. The first-order valence-corrected chi connectivity index (χ1v) is 9.72. The first-order valence-electron chi connectivity index (χ1n) is 7.20. The van der Waals surface area contributed by atoms with E-state index in [0.717, 1.165) is 51.9 Å². The summed E-state index contributed by atoms with van der Waals surface area (Å²) in [5.74, 6) is 0. The van der Waals surface area contributed by atoms with Crippen LogP contribution >= 0.6 is 0 Å². The number of nitrogens with zero attached hydrogens (tertiary/aromatic N) is 1. The highest BCUT2D eigenvalue weighted by Gasteiger charge is 2.35. The molecule has 2 saturated heterocycles. The summed E-state index contributed by atoms with van der Waals surface area (Å²) in [5, 5.41) is 0. The topological polar surface area (TPSA) is 40.2 Å². The maximum atomic E-state index is 5.59. The maximum absolute atomic E-state index is 5.59. The van der Waals surface area contributed by atoms with E-state index in [1.807, 2.05) is 0 Å². The second kappa shape index (κ2) is 7.15. The Bertz CT molecular complexity index is 247. The minimum absolute atomic E-state index is 0.540. The number of ether oxygens (including phenoxy) is 2. The van der Waals surface area contributed by atoms with Crippen LogP contribution in [0.1, 0.15) is 12.8 Å². The van der Waals surface area contributed by atoms with E-state index >= 15 is 0 Å². The Balaban J connectivity index is 1.93. The normalized spacial score (nSPS) is 28.4. The molecule has 112 valence electrons. The molecule has 2 fully saturated rings. The summed E-state index contributed by atoms with van der Waals surface area (Å²) >= 11 is 0. The number of hydrogen-bond donors (Lipinski definition) is 0. The maximum Gasteiger partial charge on any atom is 0.335 e. The molecular weight excluding hydrogens is 262 g/mol. The van der Waals surface area contributed by atoms with Gasteiger partial charge in [-0.3, -0.25) is 4.90 Å². The first-order chi connectivity index (χ1) is 9.18. The molecule has 2 heterocycles. The van der Waals surface area contributed by atoms with Gasteiger partial charge in [0.15, 0.2) is 0 Å². The lowest BCUT2D eigenvalue weighted by atomic mass is 10.1. The Labute approximate surface area is 117 Å². The van der Waals surface area contributed by atoms with E-state index < -0.39 is 8.56 Å². The predicted molar refractivity (Wildman–Crippen MR) is 75.6 cm³/mol. The summed E-state index contributed by atoms with van der Waals surface area (Å²) in [7, 11) is 1.54. The fourth-order valence-electron chi connectivity index (χ4n) is 2.85. The van der Waals surface area contributed by atoms with E-state index in [1.165, 1.54) is 0 Å². The molecule has 0 radical (unpaired) electrons. The van der Waals surface area contributed by atoms with E-state index in [4.69, 9.17) is 18.3 Å². The van der Waals surface area contributed by atoms with Gasteiger partial charge in [-0.1, -0.05) is 0 Å². The van der Waals surface area contributed by atoms with Gasteiger partial charge < -0.3 is 18.3 Å². The molecule has 0 aliphatic carbocycles. The van der Waals surface area contributed by atoms with Gasteiger partial charge in [0.2, 0.25) is 0 Å². The smallest absolute Gasteiger partial charge is 0.335 e. The molecule has 2 aliphatic heterocycles. The summed E-state index contributed by atoms with van der Waals surface area (Å²) in [5.41, 5.74) is 0. The van der Waals surface area contributed by atoms with E-state index in [2.05, 4.69) is 11.4 Å². The summed E-state index contributed by atoms with van der Waals surface area (Å²) in [6, 6.07) is 2.07. The number of hydrogen-bond acceptors (Lipinski definition) is 5. The lowest BCUT2D eigenvalue weighted by Gasteiger charge is -2.35. The molecule has 19 heavy (non-hydrogen) atoms. The van der Waals surface area contributed by atoms with Crippen molar-refractivity contribution in [3.05, 3.63) is 0 Å². The molecule has 2 rings (SSSR count). The van der Waals surface area contributed by atoms with E-state index in [1.54, 1.807) is 14.2 Å². The van der Waals surface area contributed by atoms with Gasteiger partial charge in [0.25, 0.3) is 0 Å².